The molecule has 0 amide bonds. The van der Waals surface area contributed by atoms with Gasteiger partial charge in [-0.15, -0.1) is 0 Å². The van der Waals surface area contributed by atoms with Gasteiger partial charge in [-0.25, -0.2) is 16.8 Å². The minimum absolute atomic E-state index is 0.0373. The highest BCUT2D eigenvalue weighted by atomic mass is 32.3. The summed E-state index contributed by atoms with van der Waals surface area (Å²) in [5.74, 6) is 0. The lowest BCUT2D eigenvalue weighted by Crippen LogP contribution is -2.37. The molecule has 0 unspecified atom stereocenters. The van der Waals surface area contributed by atoms with E-state index in [1.165, 1.54) is 36.4 Å². The summed E-state index contributed by atoms with van der Waals surface area (Å²) in [4.78, 5) is -0.234. The topological polar surface area (TPSA) is 71.5 Å². The Kier molecular flexibility index (Phi) is 5.40. The van der Waals surface area contributed by atoms with E-state index in [-0.39, 0.29) is 15.5 Å². The van der Waals surface area contributed by atoms with Crippen LogP contribution in [0, 0.1) is 0 Å². The van der Waals surface area contributed by atoms with Crippen LogP contribution in [0.2, 0.25) is 0 Å². The smallest absolute Gasteiger partial charge is 0.200 e. The van der Waals surface area contributed by atoms with E-state index < -0.39 is 20.0 Å². The van der Waals surface area contributed by atoms with Gasteiger partial charge in [-0.2, -0.15) is 3.71 Å². The molecular formula is C21H19NO4S2. The number of hydrogen-bond acceptors (Lipinski definition) is 4. The SMILES string of the molecule is C=C(C)c1ccc(S(=O)(=O)N(c2ccccc2)S(=O)(=O)c2ccccc2)cc1. The fourth-order valence-electron chi connectivity index (χ4n) is 2.65. The average Bonchev–Trinajstić information content (AvgIpc) is 2.69. The van der Waals surface area contributed by atoms with Crippen LogP contribution in [0.25, 0.3) is 5.57 Å². The molecular weight excluding hydrogens is 394 g/mol. The van der Waals surface area contributed by atoms with Gasteiger partial charge >= 0.3 is 0 Å². The Morgan fingerprint density at radius 2 is 1.11 bits per heavy atom. The molecule has 28 heavy (non-hydrogen) atoms. The highest BCUT2D eigenvalue weighted by molar-refractivity contribution is 8.10. The molecule has 0 atom stereocenters. The lowest BCUT2D eigenvalue weighted by Gasteiger charge is -2.24. The summed E-state index contributed by atoms with van der Waals surface area (Å²) in [7, 11) is -8.75. The van der Waals surface area contributed by atoms with Gasteiger partial charge in [0, 0.05) is 0 Å². The number of hydrogen-bond donors (Lipinski definition) is 0. The molecule has 0 aliphatic carbocycles. The maximum atomic E-state index is 13.4. The van der Waals surface area contributed by atoms with E-state index in [1.807, 2.05) is 0 Å². The molecule has 3 aromatic carbocycles. The molecule has 0 N–H and O–H groups in total. The lowest BCUT2D eigenvalue weighted by molar-refractivity contribution is 0.584. The van der Waals surface area contributed by atoms with E-state index in [2.05, 4.69) is 6.58 Å². The second-order valence-corrected chi connectivity index (χ2v) is 9.97. The molecule has 0 aromatic heterocycles. The Bertz CT molecular complexity index is 1190. The summed E-state index contributed by atoms with van der Waals surface area (Å²) >= 11 is 0. The van der Waals surface area contributed by atoms with E-state index in [1.54, 1.807) is 55.5 Å². The number of allylic oxidation sites excluding steroid dienone is 1. The van der Waals surface area contributed by atoms with Crippen LogP contribution in [0.3, 0.4) is 0 Å². The molecule has 144 valence electrons. The summed E-state index contributed by atoms with van der Waals surface area (Å²) < 4.78 is 53.7. The third-order valence-corrected chi connectivity index (χ3v) is 8.30. The first-order valence-corrected chi connectivity index (χ1v) is 11.3. The normalized spacial score (nSPS) is 11.8. The van der Waals surface area contributed by atoms with E-state index in [4.69, 9.17) is 0 Å². The van der Waals surface area contributed by atoms with Gasteiger partial charge in [0.2, 0.25) is 0 Å². The number of para-hydroxylation sites is 1. The molecule has 3 rings (SSSR count). The second-order valence-electron chi connectivity index (χ2n) is 6.16. The van der Waals surface area contributed by atoms with Gasteiger partial charge in [-0.1, -0.05) is 60.7 Å². The molecule has 0 aliphatic rings. The van der Waals surface area contributed by atoms with Crippen molar-refractivity contribution in [3.63, 3.8) is 0 Å². The zero-order valence-corrected chi connectivity index (χ0v) is 16.8. The van der Waals surface area contributed by atoms with Crippen LogP contribution in [-0.4, -0.2) is 16.8 Å². The molecule has 0 bridgehead atoms. The molecule has 0 saturated carbocycles. The molecule has 0 spiro atoms. The molecule has 0 saturated heterocycles. The van der Waals surface area contributed by atoms with Crippen LogP contribution in [0.5, 0.6) is 0 Å². The van der Waals surface area contributed by atoms with Crippen LogP contribution in [0.15, 0.2) is 101 Å². The third-order valence-electron chi connectivity index (χ3n) is 4.09. The zero-order valence-electron chi connectivity index (χ0n) is 15.2. The fourth-order valence-corrected chi connectivity index (χ4v) is 6.36. The molecule has 3 aromatic rings. The Morgan fingerprint density at radius 3 is 1.57 bits per heavy atom. The van der Waals surface area contributed by atoms with Crippen LogP contribution < -0.4 is 3.71 Å². The number of anilines is 1. The minimum atomic E-state index is -4.39. The van der Waals surface area contributed by atoms with Crippen LogP contribution in [0.4, 0.5) is 5.69 Å². The predicted molar refractivity (Wildman–Crippen MR) is 111 cm³/mol. The van der Waals surface area contributed by atoms with Crippen molar-refractivity contribution >= 4 is 31.3 Å². The standard InChI is InChI=1S/C21H19NO4S2/c1-17(2)18-13-15-21(16-14-18)28(25,26)22(19-9-5-3-6-10-19)27(23,24)20-11-7-4-8-12-20/h3-16H,1H2,2H3. The predicted octanol–water partition coefficient (Wildman–Crippen LogP) is 4.30. The Morgan fingerprint density at radius 1 is 0.679 bits per heavy atom. The van der Waals surface area contributed by atoms with Crippen molar-refractivity contribution in [3.05, 3.63) is 97.1 Å². The first-order chi connectivity index (χ1) is 13.2. The average molecular weight is 414 g/mol. The quantitative estimate of drug-likeness (QED) is 0.604. The van der Waals surface area contributed by atoms with E-state index in [9.17, 15) is 16.8 Å². The maximum Gasteiger partial charge on any atom is 0.277 e. The van der Waals surface area contributed by atoms with Gasteiger partial charge in [-0.05, 0) is 48.9 Å². The van der Waals surface area contributed by atoms with Gasteiger partial charge < -0.3 is 0 Å². The van der Waals surface area contributed by atoms with E-state index >= 15 is 0 Å². The van der Waals surface area contributed by atoms with Crippen molar-refractivity contribution in [3.8, 4) is 0 Å². The summed E-state index contributed by atoms with van der Waals surface area (Å²) in [6.07, 6.45) is 0. The largest absolute Gasteiger partial charge is 0.277 e. The maximum absolute atomic E-state index is 13.4. The first kappa shape index (κ1) is 19.9. The number of nitrogens with zero attached hydrogens (tertiary/aromatic N) is 1. The lowest BCUT2D eigenvalue weighted by atomic mass is 10.1. The van der Waals surface area contributed by atoms with Crippen molar-refractivity contribution in [2.45, 2.75) is 16.7 Å². The molecule has 0 heterocycles. The molecule has 5 nitrogen and oxygen atoms in total. The van der Waals surface area contributed by atoms with Gasteiger partial charge in [0.1, 0.15) is 0 Å². The van der Waals surface area contributed by atoms with Crippen molar-refractivity contribution in [2.24, 2.45) is 0 Å². The zero-order chi connectivity index (χ0) is 20.4. The fraction of sp³-hybridized carbons (Fsp3) is 0.0476. The monoisotopic (exact) mass is 413 g/mol. The summed E-state index contributed by atoms with van der Waals surface area (Å²) in [6, 6.07) is 21.2. The molecule has 0 fully saturated rings. The van der Waals surface area contributed by atoms with E-state index in [0.717, 1.165) is 11.1 Å². The second kappa shape index (κ2) is 7.61. The highest BCUT2D eigenvalue weighted by Crippen LogP contribution is 2.31. The van der Waals surface area contributed by atoms with Crippen LogP contribution >= 0.6 is 0 Å². The number of sulfonamides is 2. The van der Waals surface area contributed by atoms with Gasteiger partial charge in [-0.3, -0.25) is 0 Å². The van der Waals surface area contributed by atoms with Crippen molar-refractivity contribution in [2.75, 3.05) is 3.71 Å². The van der Waals surface area contributed by atoms with E-state index in [0.29, 0.717) is 3.71 Å². The molecule has 7 heteroatoms. The first-order valence-electron chi connectivity index (χ1n) is 8.41. The van der Waals surface area contributed by atoms with Gasteiger partial charge in [0.05, 0.1) is 15.5 Å². The Labute approximate surface area is 165 Å². The van der Waals surface area contributed by atoms with Crippen LogP contribution in [-0.2, 0) is 20.0 Å². The van der Waals surface area contributed by atoms with Crippen molar-refractivity contribution in [1.29, 1.82) is 0 Å². The van der Waals surface area contributed by atoms with Crippen molar-refractivity contribution < 1.29 is 16.8 Å². The van der Waals surface area contributed by atoms with Crippen molar-refractivity contribution in [1.82, 2.24) is 0 Å². The third kappa shape index (κ3) is 3.72. The minimum Gasteiger partial charge on any atom is -0.200 e. The van der Waals surface area contributed by atoms with Gasteiger partial charge in [0.15, 0.2) is 0 Å². The summed E-state index contributed by atoms with van der Waals surface area (Å²) in [6.45, 7) is 5.63. The number of benzene rings is 3. The van der Waals surface area contributed by atoms with Crippen LogP contribution in [0.1, 0.15) is 12.5 Å². The summed E-state index contributed by atoms with van der Waals surface area (Å²) in [5.41, 5.74) is 1.59. The Balaban J connectivity index is 2.21. The number of rotatable bonds is 6. The Hall–Kier alpha value is -2.90. The highest BCUT2D eigenvalue weighted by Gasteiger charge is 2.36. The molecule has 0 aliphatic heterocycles. The summed E-state index contributed by atoms with van der Waals surface area (Å²) in [5, 5.41) is 0. The van der Waals surface area contributed by atoms with Gasteiger partial charge in [0.25, 0.3) is 20.0 Å². The molecule has 0 radical (unpaired) electrons.